The van der Waals surface area contributed by atoms with Crippen molar-refractivity contribution < 1.29 is 4.79 Å². The van der Waals surface area contributed by atoms with Crippen LogP contribution >= 0.6 is 0 Å². The van der Waals surface area contributed by atoms with E-state index in [4.69, 9.17) is 5.73 Å². The Balaban J connectivity index is 2.02. The van der Waals surface area contributed by atoms with Gasteiger partial charge in [-0.15, -0.1) is 0 Å². The first-order valence-corrected chi connectivity index (χ1v) is 6.51. The Bertz CT molecular complexity index is 439. The maximum atomic E-state index is 11.9. The number of nitrogens with two attached hydrogens (primary N) is 1. The van der Waals surface area contributed by atoms with Crippen LogP contribution in [0.2, 0.25) is 0 Å². The van der Waals surface area contributed by atoms with Crippen LogP contribution in [0.1, 0.15) is 25.3 Å². The van der Waals surface area contributed by atoms with Crippen LogP contribution in [-0.2, 0) is 4.79 Å². The molecule has 0 bridgehead atoms. The summed E-state index contributed by atoms with van der Waals surface area (Å²) in [7, 11) is 0. The van der Waals surface area contributed by atoms with E-state index in [1.165, 1.54) is 11.1 Å². The second kappa shape index (κ2) is 5.83. The Labute approximate surface area is 108 Å². The minimum Gasteiger partial charge on any atom is -0.337 e. The second-order valence-electron chi connectivity index (χ2n) is 4.64. The Morgan fingerprint density at radius 2 is 2.11 bits per heavy atom. The van der Waals surface area contributed by atoms with Crippen LogP contribution in [-0.4, -0.2) is 29.9 Å². The van der Waals surface area contributed by atoms with Gasteiger partial charge in [0.15, 0.2) is 0 Å². The Kier molecular flexibility index (Phi) is 4.15. The van der Waals surface area contributed by atoms with Crippen molar-refractivity contribution in [2.24, 2.45) is 5.73 Å². The van der Waals surface area contributed by atoms with E-state index in [1.54, 1.807) is 0 Å². The molecule has 1 atom stereocenters. The zero-order chi connectivity index (χ0) is 13.0. The fraction of sp³-hybridized carbons (Fsp3) is 0.400. The van der Waals surface area contributed by atoms with Crippen molar-refractivity contribution in [3.63, 3.8) is 0 Å². The van der Waals surface area contributed by atoms with Crippen LogP contribution in [0.3, 0.4) is 0 Å². The molecule has 0 aromatic heterocycles. The van der Waals surface area contributed by atoms with Gasteiger partial charge < -0.3 is 10.6 Å². The molecule has 1 heterocycles. The summed E-state index contributed by atoms with van der Waals surface area (Å²) in [6, 6.07) is 9.98. The summed E-state index contributed by atoms with van der Waals surface area (Å²) in [6.45, 7) is 3.39. The number of rotatable bonds is 3. The van der Waals surface area contributed by atoms with E-state index in [-0.39, 0.29) is 11.9 Å². The number of amides is 1. The molecule has 3 nitrogen and oxygen atoms in total. The number of hydrogen-bond acceptors (Lipinski definition) is 2. The maximum absolute atomic E-state index is 11.9. The fourth-order valence-electron chi connectivity index (χ4n) is 2.19. The third-order valence-corrected chi connectivity index (χ3v) is 3.42. The lowest BCUT2D eigenvalue weighted by molar-refractivity contribution is -0.132. The molecule has 96 valence electrons. The molecule has 1 aromatic rings. The number of carbonyl (C=O) groups excluding carboxylic acids is 1. The zero-order valence-corrected chi connectivity index (χ0v) is 10.8. The standard InChI is InChI=1S/C15H20N2O/c1-2-14(16)15(18)17-10-8-13(9-11-17)12-6-4-3-5-7-12/h3-8,14H,2,9-11,16H2,1H3/t14-/m1/s1. The van der Waals surface area contributed by atoms with Crippen molar-refractivity contribution in [1.29, 1.82) is 0 Å². The van der Waals surface area contributed by atoms with E-state index in [9.17, 15) is 4.79 Å². The van der Waals surface area contributed by atoms with E-state index in [1.807, 2.05) is 30.0 Å². The van der Waals surface area contributed by atoms with Crippen LogP contribution in [0.25, 0.3) is 5.57 Å². The van der Waals surface area contributed by atoms with Crippen molar-refractivity contribution in [3.05, 3.63) is 42.0 Å². The summed E-state index contributed by atoms with van der Waals surface area (Å²) in [5.74, 6) is 0.0702. The molecule has 0 saturated carbocycles. The Hall–Kier alpha value is -1.61. The molecular weight excluding hydrogens is 224 g/mol. The smallest absolute Gasteiger partial charge is 0.239 e. The third-order valence-electron chi connectivity index (χ3n) is 3.42. The molecule has 2 rings (SSSR count). The lowest BCUT2D eigenvalue weighted by Crippen LogP contribution is -2.45. The first-order valence-electron chi connectivity index (χ1n) is 6.51. The quantitative estimate of drug-likeness (QED) is 0.884. The molecule has 1 aromatic carbocycles. The predicted molar refractivity (Wildman–Crippen MR) is 73.9 cm³/mol. The highest BCUT2D eigenvalue weighted by Crippen LogP contribution is 2.22. The highest BCUT2D eigenvalue weighted by Gasteiger charge is 2.21. The SMILES string of the molecule is CC[C@@H](N)C(=O)N1CC=C(c2ccccc2)CC1. The fourth-order valence-corrected chi connectivity index (χ4v) is 2.19. The summed E-state index contributed by atoms with van der Waals surface area (Å²) in [5.41, 5.74) is 8.36. The number of hydrogen-bond donors (Lipinski definition) is 1. The van der Waals surface area contributed by atoms with Gasteiger partial charge in [0, 0.05) is 13.1 Å². The molecule has 18 heavy (non-hydrogen) atoms. The molecule has 0 spiro atoms. The number of nitrogens with zero attached hydrogens (tertiary/aromatic N) is 1. The monoisotopic (exact) mass is 244 g/mol. The van der Waals surface area contributed by atoms with Gasteiger partial charge in [-0.05, 0) is 24.0 Å². The minimum absolute atomic E-state index is 0.0702. The van der Waals surface area contributed by atoms with Crippen molar-refractivity contribution in [2.75, 3.05) is 13.1 Å². The van der Waals surface area contributed by atoms with Gasteiger partial charge in [-0.1, -0.05) is 43.3 Å². The summed E-state index contributed by atoms with van der Waals surface area (Å²) in [6.07, 6.45) is 3.75. The first-order chi connectivity index (χ1) is 8.72. The van der Waals surface area contributed by atoms with Crippen LogP contribution in [0.5, 0.6) is 0 Å². The molecule has 1 aliphatic heterocycles. The van der Waals surface area contributed by atoms with E-state index in [0.717, 1.165) is 13.0 Å². The minimum atomic E-state index is -0.350. The van der Waals surface area contributed by atoms with Crippen LogP contribution in [0.4, 0.5) is 0 Å². The van der Waals surface area contributed by atoms with Crippen LogP contribution in [0.15, 0.2) is 36.4 Å². The molecule has 0 fully saturated rings. The van der Waals surface area contributed by atoms with Crippen molar-refractivity contribution >= 4 is 11.5 Å². The molecule has 0 radical (unpaired) electrons. The predicted octanol–water partition coefficient (Wildman–Crippen LogP) is 2.04. The van der Waals surface area contributed by atoms with E-state index >= 15 is 0 Å². The Morgan fingerprint density at radius 3 is 2.67 bits per heavy atom. The number of benzene rings is 1. The third kappa shape index (κ3) is 2.79. The van der Waals surface area contributed by atoms with Crippen LogP contribution in [0, 0.1) is 0 Å². The summed E-state index contributed by atoms with van der Waals surface area (Å²) >= 11 is 0. The maximum Gasteiger partial charge on any atom is 0.239 e. The zero-order valence-electron chi connectivity index (χ0n) is 10.8. The van der Waals surface area contributed by atoms with Gasteiger partial charge in [0.25, 0.3) is 0 Å². The average Bonchev–Trinajstić information content (AvgIpc) is 2.47. The lowest BCUT2D eigenvalue weighted by Gasteiger charge is -2.28. The summed E-state index contributed by atoms with van der Waals surface area (Å²) in [5, 5.41) is 0. The van der Waals surface area contributed by atoms with E-state index < -0.39 is 0 Å². The topological polar surface area (TPSA) is 46.3 Å². The van der Waals surface area contributed by atoms with Gasteiger partial charge in [0.2, 0.25) is 5.91 Å². The molecule has 3 heteroatoms. The Morgan fingerprint density at radius 1 is 1.39 bits per heavy atom. The second-order valence-corrected chi connectivity index (χ2v) is 4.64. The summed E-state index contributed by atoms with van der Waals surface area (Å²) in [4.78, 5) is 13.8. The summed E-state index contributed by atoms with van der Waals surface area (Å²) < 4.78 is 0. The van der Waals surface area contributed by atoms with Crippen molar-refractivity contribution in [1.82, 2.24) is 4.90 Å². The van der Waals surface area contributed by atoms with Crippen LogP contribution < -0.4 is 5.73 Å². The first kappa shape index (κ1) is 12.8. The van der Waals surface area contributed by atoms with Gasteiger partial charge in [-0.2, -0.15) is 0 Å². The van der Waals surface area contributed by atoms with E-state index in [2.05, 4.69) is 18.2 Å². The molecule has 2 N–H and O–H groups in total. The van der Waals surface area contributed by atoms with Gasteiger partial charge in [-0.3, -0.25) is 4.79 Å². The highest BCUT2D eigenvalue weighted by atomic mass is 16.2. The van der Waals surface area contributed by atoms with E-state index in [0.29, 0.717) is 13.0 Å². The highest BCUT2D eigenvalue weighted by molar-refractivity contribution is 5.82. The molecule has 0 saturated heterocycles. The molecule has 0 unspecified atom stereocenters. The van der Waals surface area contributed by atoms with Crippen molar-refractivity contribution in [2.45, 2.75) is 25.8 Å². The van der Waals surface area contributed by atoms with Gasteiger partial charge in [0.05, 0.1) is 6.04 Å². The molecular formula is C15H20N2O. The largest absolute Gasteiger partial charge is 0.337 e. The molecule has 0 aliphatic carbocycles. The average molecular weight is 244 g/mol. The van der Waals surface area contributed by atoms with Crippen molar-refractivity contribution in [3.8, 4) is 0 Å². The molecule has 1 aliphatic rings. The van der Waals surface area contributed by atoms with Gasteiger partial charge >= 0.3 is 0 Å². The number of carbonyl (C=O) groups is 1. The molecule has 1 amide bonds. The lowest BCUT2D eigenvalue weighted by atomic mass is 9.99. The van der Waals surface area contributed by atoms with Gasteiger partial charge in [-0.25, -0.2) is 0 Å². The normalized spacial score (nSPS) is 17.2. The van der Waals surface area contributed by atoms with Gasteiger partial charge in [0.1, 0.15) is 0 Å².